The fourth-order valence-corrected chi connectivity index (χ4v) is 7.66. The molecule has 7 nitrogen and oxygen atoms in total. The van der Waals surface area contributed by atoms with E-state index in [0.717, 1.165) is 67.5 Å². The van der Waals surface area contributed by atoms with Gasteiger partial charge in [0.2, 0.25) is 0 Å². The van der Waals surface area contributed by atoms with Gasteiger partial charge in [0, 0.05) is 48.9 Å². The monoisotopic (exact) mass is 658 g/mol. The summed E-state index contributed by atoms with van der Waals surface area (Å²) in [4.78, 5) is 0. The summed E-state index contributed by atoms with van der Waals surface area (Å²) in [6, 6.07) is 24.6. The Morgan fingerprint density at radius 1 is 0.612 bits per heavy atom. The fraction of sp³-hybridized carbons (Fsp3) is 0.333. The first-order valence-electron chi connectivity index (χ1n) is 17.0. The SMILES string of the molecule is C=C(C)[C@H]1Cc2c(cc(OC)c3c2O[C@@H](c2ccccc2)C[C@@H]3O[C@H]2C[C@H](c3ccccc3)Oc3c4c(cc(OC)c32)O[C@@H](C(=C)C)C4)O1. The molecule has 0 bridgehead atoms. The molecular weight excluding hydrogens is 616 g/mol. The molecular formula is C42H42O7. The van der Waals surface area contributed by atoms with Gasteiger partial charge in [-0.05, 0) is 36.1 Å². The van der Waals surface area contributed by atoms with Crippen molar-refractivity contribution in [1.82, 2.24) is 0 Å². The minimum absolute atomic E-state index is 0.128. The van der Waals surface area contributed by atoms with Crippen LogP contribution in [0.15, 0.2) is 97.1 Å². The van der Waals surface area contributed by atoms with Gasteiger partial charge in [-0.15, -0.1) is 0 Å². The van der Waals surface area contributed by atoms with Crippen LogP contribution in [-0.2, 0) is 17.6 Å². The van der Waals surface area contributed by atoms with Crippen molar-refractivity contribution in [3.05, 3.63) is 130 Å². The second kappa shape index (κ2) is 12.5. The number of hydrogen-bond donors (Lipinski definition) is 0. The maximum absolute atomic E-state index is 7.41. The van der Waals surface area contributed by atoms with Gasteiger partial charge in [0.1, 0.15) is 58.9 Å². The van der Waals surface area contributed by atoms with E-state index in [4.69, 9.17) is 33.2 Å². The van der Waals surface area contributed by atoms with Gasteiger partial charge in [0.25, 0.3) is 0 Å². The first-order chi connectivity index (χ1) is 23.8. The molecule has 0 unspecified atom stereocenters. The predicted octanol–water partition coefficient (Wildman–Crippen LogP) is 9.31. The van der Waals surface area contributed by atoms with Crippen molar-refractivity contribution in [2.75, 3.05) is 14.2 Å². The molecule has 0 spiro atoms. The van der Waals surface area contributed by atoms with Crippen molar-refractivity contribution >= 4 is 0 Å². The zero-order valence-corrected chi connectivity index (χ0v) is 28.5. The molecule has 6 atom stereocenters. The number of hydrogen-bond acceptors (Lipinski definition) is 7. The quantitative estimate of drug-likeness (QED) is 0.175. The second-order valence-corrected chi connectivity index (χ2v) is 13.5. The van der Waals surface area contributed by atoms with E-state index in [1.54, 1.807) is 14.2 Å². The van der Waals surface area contributed by atoms with Crippen LogP contribution in [0, 0.1) is 0 Å². The number of benzene rings is 4. The fourth-order valence-electron chi connectivity index (χ4n) is 7.66. The Labute approximate surface area is 288 Å². The van der Waals surface area contributed by atoms with Gasteiger partial charge in [-0.3, -0.25) is 0 Å². The molecule has 49 heavy (non-hydrogen) atoms. The summed E-state index contributed by atoms with van der Waals surface area (Å²) in [7, 11) is 3.38. The van der Waals surface area contributed by atoms with Crippen LogP contribution in [0.5, 0.6) is 34.5 Å². The van der Waals surface area contributed by atoms with Crippen LogP contribution in [0.2, 0.25) is 0 Å². The van der Waals surface area contributed by atoms with E-state index in [9.17, 15) is 0 Å². The highest BCUT2D eigenvalue weighted by atomic mass is 16.5. The van der Waals surface area contributed by atoms with Gasteiger partial charge in [0.05, 0.1) is 37.6 Å². The molecule has 4 heterocycles. The topological polar surface area (TPSA) is 64.6 Å². The predicted molar refractivity (Wildman–Crippen MR) is 187 cm³/mol. The number of fused-ring (bicyclic) bond motifs is 6. The van der Waals surface area contributed by atoms with E-state index in [-0.39, 0.29) is 36.6 Å². The smallest absolute Gasteiger partial charge is 0.136 e. The summed E-state index contributed by atoms with van der Waals surface area (Å²) in [6.45, 7) is 12.4. The molecule has 4 aromatic rings. The summed E-state index contributed by atoms with van der Waals surface area (Å²) < 4.78 is 46.1. The minimum atomic E-state index is -0.372. The first kappa shape index (κ1) is 31.4. The molecule has 8 rings (SSSR count). The van der Waals surface area contributed by atoms with Crippen LogP contribution in [0.25, 0.3) is 0 Å². The number of ether oxygens (including phenoxy) is 7. The molecule has 0 amide bonds. The molecule has 252 valence electrons. The minimum Gasteiger partial charge on any atom is -0.496 e. The Morgan fingerprint density at radius 2 is 1.02 bits per heavy atom. The van der Waals surface area contributed by atoms with E-state index < -0.39 is 0 Å². The average Bonchev–Trinajstić information content (AvgIpc) is 3.77. The van der Waals surface area contributed by atoms with E-state index in [1.807, 2.05) is 62.4 Å². The van der Waals surface area contributed by atoms with Gasteiger partial charge >= 0.3 is 0 Å². The molecule has 4 aliphatic heterocycles. The molecule has 0 saturated carbocycles. The van der Waals surface area contributed by atoms with Gasteiger partial charge in [-0.1, -0.05) is 73.8 Å². The Balaban J connectivity index is 1.26. The number of rotatable bonds is 8. The lowest BCUT2D eigenvalue weighted by atomic mass is 9.88. The van der Waals surface area contributed by atoms with Crippen LogP contribution < -0.4 is 28.4 Å². The van der Waals surface area contributed by atoms with Crippen molar-refractivity contribution in [2.45, 2.75) is 76.2 Å². The van der Waals surface area contributed by atoms with Crippen molar-refractivity contribution < 1.29 is 33.2 Å². The summed E-state index contributed by atoms with van der Waals surface area (Å²) in [6.07, 6.45) is 1.04. The average molecular weight is 659 g/mol. The summed E-state index contributed by atoms with van der Waals surface area (Å²) in [5.74, 6) is 4.43. The standard InChI is InChI=1S/C42H42O7/c1-23(2)29-17-27-33(45-29)21-35(43-5)39-37(19-31(48-41(27)39)25-13-9-7-10-14-25)47-38-20-32(26-15-11-8-12-16-26)49-42-28-18-30(24(3)4)46-34(28)22-36(44-6)40(38)42/h7-16,21-22,29-32,37-38H,1,3,17-20H2,2,4-6H3/t29-,30-,31-,32-,37+,38+/m1/s1. The van der Waals surface area contributed by atoms with Gasteiger partial charge in [-0.2, -0.15) is 0 Å². The maximum atomic E-state index is 7.41. The van der Waals surface area contributed by atoms with Gasteiger partial charge < -0.3 is 33.2 Å². The molecule has 4 aliphatic rings. The lowest BCUT2D eigenvalue weighted by Crippen LogP contribution is -2.27. The van der Waals surface area contributed by atoms with Crippen LogP contribution in [0.4, 0.5) is 0 Å². The third-order valence-electron chi connectivity index (χ3n) is 10.2. The maximum Gasteiger partial charge on any atom is 0.136 e. The Kier molecular flexibility index (Phi) is 8.03. The van der Waals surface area contributed by atoms with Crippen molar-refractivity contribution in [3.8, 4) is 34.5 Å². The largest absolute Gasteiger partial charge is 0.496 e. The van der Waals surface area contributed by atoms with E-state index in [0.29, 0.717) is 37.2 Å². The highest BCUT2D eigenvalue weighted by Crippen LogP contribution is 2.58. The first-order valence-corrected chi connectivity index (χ1v) is 17.0. The summed E-state index contributed by atoms with van der Waals surface area (Å²) in [5, 5.41) is 0. The van der Waals surface area contributed by atoms with Crippen LogP contribution >= 0.6 is 0 Å². The van der Waals surface area contributed by atoms with Crippen LogP contribution in [0.3, 0.4) is 0 Å². The van der Waals surface area contributed by atoms with E-state index >= 15 is 0 Å². The molecule has 7 heteroatoms. The van der Waals surface area contributed by atoms with Gasteiger partial charge in [-0.25, -0.2) is 0 Å². The Morgan fingerprint density at radius 3 is 1.39 bits per heavy atom. The van der Waals surface area contributed by atoms with Crippen molar-refractivity contribution in [3.63, 3.8) is 0 Å². The highest BCUT2D eigenvalue weighted by Gasteiger charge is 2.44. The molecule has 0 fully saturated rings. The zero-order valence-electron chi connectivity index (χ0n) is 28.5. The van der Waals surface area contributed by atoms with Crippen molar-refractivity contribution in [1.29, 1.82) is 0 Å². The van der Waals surface area contributed by atoms with Crippen molar-refractivity contribution in [2.24, 2.45) is 0 Å². The zero-order chi connectivity index (χ0) is 33.8. The normalized spacial score (nSPS) is 24.5. The molecule has 0 N–H and O–H groups in total. The Bertz CT molecular complexity index is 1780. The molecule has 0 radical (unpaired) electrons. The second-order valence-electron chi connectivity index (χ2n) is 13.5. The summed E-state index contributed by atoms with van der Waals surface area (Å²) in [5.41, 5.74) is 7.94. The number of methoxy groups -OCH3 is 2. The lowest BCUT2D eigenvalue weighted by molar-refractivity contribution is -0.0757. The lowest BCUT2D eigenvalue weighted by Gasteiger charge is -2.39. The van der Waals surface area contributed by atoms with E-state index in [1.165, 1.54) is 0 Å². The molecule has 0 aromatic heterocycles. The third kappa shape index (κ3) is 5.50. The molecule has 0 saturated heterocycles. The van der Waals surface area contributed by atoms with Crippen LogP contribution in [0.1, 0.15) is 84.5 Å². The van der Waals surface area contributed by atoms with Crippen LogP contribution in [-0.4, -0.2) is 26.4 Å². The molecule has 4 aromatic carbocycles. The Hall–Kier alpha value is -4.88. The van der Waals surface area contributed by atoms with E-state index in [2.05, 4.69) is 37.4 Å². The molecule has 0 aliphatic carbocycles. The highest BCUT2D eigenvalue weighted by molar-refractivity contribution is 5.63. The third-order valence-corrected chi connectivity index (χ3v) is 10.2. The van der Waals surface area contributed by atoms with Gasteiger partial charge in [0.15, 0.2) is 0 Å². The summed E-state index contributed by atoms with van der Waals surface area (Å²) >= 11 is 0.